The molecule has 3 rings (SSSR count). The van der Waals surface area contributed by atoms with E-state index in [1.807, 2.05) is 38.1 Å². The third kappa shape index (κ3) is 4.40. The predicted octanol–water partition coefficient (Wildman–Crippen LogP) is 6.14. The van der Waals surface area contributed by atoms with Crippen LogP contribution in [0, 0.1) is 41.5 Å². The first-order valence-electron chi connectivity index (χ1n) is 10.1. The summed E-state index contributed by atoms with van der Waals surface area (Å²) in [5.41, 5.74) is 4.88. The fourth-order valence-electron chi connectivity index (χ4n) is 4.16. The molecule has 0 aliphatic carbocycles. The summed E-state index contributed by atoms with van der Waals surface area (Å²) in [7, 11) is -4.22. The summed E-state index contributed by atoms with van der Waals surface area (Å²) in [6.07, 6.45) is 0. The maximum atomic E-state index is 14.2. The summed E-state index contributed by atoms with van der Waals surface area (Å²) in [5, 5.41) is 0.204. The first-order chi connectivity index (χ1) is 14.5. The van der Waals surface area contributed by atoms with E-state index < -0.39 is 18.9 Å². The summed E-state index contributed by atoms with van der Waals surface area (Å²) in [6.45, 7) is 11.1. The van der Waals surface area contributed by atoms with Gasteiger partial charge >= 0.3 is 13.3 Å². The van der Waals surface area contributed by atoms with Crippen LogP contribution in [0.25, 0.3) is 0 Å². The van der Waals surface area contributed by atoms with Crippen LogP contribution in [0.2, 0.25) is 0 Å². The maximum Gasteiger partial charge on any atom is 0.348 e. The molecule has 0 aliphatic rings. The van der Waals surface area contributed by atoms with Crippen molar-refractivity contribution in [3.63, 3.8) is 0 Å². The van der Waals surface area contributed by atoms with Gasteiger partial charge in [-0.05, 0) is 75.9 Å². The molecule has 0 saturated carbocycles. The smallest absolute Gasteiger partial charge is 0.348 e. The Morgan fingerprint density at radius 1 is 0.677 bits per heavy atom. The zero-order valence-electron chi connectivity index (χ0n) is 18.8. The van der Waals surface area contributed by atoms with Gasteiger partial charge < -0.3 is 4.52 Å². The monoisotopic (exact) mass is 434 g/mol. The number of hydrogen-bond donors (Lipinski definition) is 0. The number of carbonyl (C=O) groups is 2. The van der Waals surface area contributed by atoms with Crippen molar-refractivity contribution >= 4 is 24.2 Å². The summed E-state index contributed by atoms with van der Waals surface area (Å²) in [5.74, 6) is -0.752. The van der Waals surface area contributed by atoms with Crippen molar-refractivity contribution < 1.29 is 18.7 Å². The molecule has 0 N–H and O–H groups in total. The molecule has 0 aliphatic heterocycles. The van der Waals surface area contributed by atoms with E-state index in [-0.39, 0.29) is 5.30 Å². The molecule has 0 aromatic heterocycles. The number of rotatable bonds is 5. The molecule has 1 atom stereocenters. The van der Waals surface area contributed by atoms with E-state index in [4.69, 9.17) is 4.52 Å². The minimum atomic E-state index is -4.22. The summed E-state index contributed by atoms with van der Waals surface area (Å²) >= 11 is 0. The second-order valence-corrected chi connectivity index (χ2v) is 10.3. The van der Waals surface area contributed by atoms with Crippen molar-refractivity contribution in [2.45, 2.75) is 41.5 Å². The minimum Gasteiger partial charge on any atom is -0.399 e. The van der Waals surface area contributed by atoms with E-state index in [1.165, 1.54) is 0 Å². The Balaban J connectivity index is 2.15. The molecule has 0 radical (unpaired) electrons. The molecule has 3 aromatic rings. The second-order valence-electron chi connectivity index (χ2n) is 8.12. The third-order valence-corrected chi connectivity index (χ3v) is 7.51. The average molecular weight is 434 g/mol. The van der Waals surface area contributed by atoms with E-state index in [2.05, 4.69) is 0 Å². The molecule has 4 nitrogen and oxygen atoms in total. The predicted molar refractivity (Wildman–Crippen MR) is 125 cm³/mol. The van der Waals surface area contributed by atoms with Gasteiger partial charge in [-0.1, -0.05) is 53.6 Å². The molecular weight excluding hydrogens is 407 g/mol. The minimum absolute atomic E-state index is 0.204. The SMILES string of the molecule is Cc1cc(C)c(C(=O)OP(=O)(C(=O)c2c(C)cc(C)cc2C)c2ccccc2)c(C)c1. The van der Waals surface area contributed by atoms with E-state index >= 15 is 0 Å². The lowest BCUT2D eigenvalue weighted by atomic mass is 10.0. The van der Waals surface area contributed by atoms with Gasteiger partial charge in [-0.15, -0.1) is 0 Å². The first kappa shape index (κ1) is 22.7. The number of benzene rings is 3. The van der Waals surface area contributed by atoms with Crippen LogP contribution in [0.3, 0.4) is 0 Å². The van der Waals surface area contributed by atoms with Crippen LogP contribution in [0.4, 0.5) is 0 Å². The molecule has 0 heterocycles. The van der Waals surface area contributed by atoms with Crippen LogP contribution in [0.5, 0.6) is 0 Å². The molecule has 160 valence electrons. The van der Waals surface area contributed by atoms with E-state index in [0.717, 1.165) is 22.3 Å². The van der Waals surface area contributed by atoms with Crippen molar-refractivity contribution in [1.82, 2.24) is 0 Å². The Morgan fingerprint density at radius 2 is 1.10 bits per heavy atom. The van der Waals surface area contributed by atoms with Gasteiger partial charge in [-0.3, -0.25) is 9.36 Å². The van der Waals surface area contributed by atoms with Gasteiger partial charge in [0.2, 0.25) is 0 Å². The number of carbonyl (C=O) groups excluding carboxylic acids is 2. The Morgan fingerprint density at radius 3 is 1.55 bits per heavy atom. The van der Waals surface area contributed by atoms with Crippen LogP contribution >= 0.6 is 7.37 Å². The van der Waals surface area contributed by atoms with Gasteiger partial charge in [0.1, 0.15) is 0 Å². The van der Waals surface area contributed by atoms with Crippen LogP contribution in [0.1, 0.15) is 54.1 Å². The quantitative estimate of drug-likeness (QED) is 0.453. The van der Waals surface area contributed by atoms with E-state index in [9.17, 15) is 14.2 Å². The van der Waals surface area contributed by atoms with Crippen molar-refractivity contribution in [1.29, 1.82) is 0 Å². The zero-order chi connectivity index (χ0) is 22.9. The average Bonchev–Trinajstić information content (AvgIpc) is 2.66. The normalized spacial score (nSPS) is 12.8. The molecule has 31 heavy (non-hydrogen) atoms. The maximum absolute atomic E-state index is 14.2. The fraction of sp³-hybridized carbons (Fsp3) is 0.231. The van der Waals surface area contributed by atoms with E-state index in [1.54, 1.807) is 58.0 Å². The fourth-order valence-corrected chi connectivity index (χ4v) is 6.12. The van der Waals surface area contributed by atoms with Crippen LogP contribution in [-0.4, -0.2) is 11.5 Å². The van der Waals surface area contributed by atoms with Gasteiger partial charge in [0.05, 0.1) is 10.9 Å². The highest BCUT2D eigenvalue weighted by molar-refractivity contribution is 7.83. The number of hydrogen-bond acceptors (Lipinski definition) is 4. The molecule has 5 heteroatoms. The van der Waals surface area contributed by atoms with Crippen LogP contribution in [0.15, 0.2) is 54.6 Å². The summed E-state index contributed by atoms with van der Waals surface area (Å²) < 4.78 is 19.8. The summed E-state index contributed by atoms with van der Waals surface area (Å²) in [4.78, 5) is 26.9. The van der Waals surface area contributed by atoms with Gasteiger partial charge in [0.15, 0.2) is 0 Å². The molecule has 0 saturated heterocycles. The Labute approximate surface area is 183 Å². The van der Waals surface area contributed by atoms with Gasteiger partial charge in [-0.2, -0.15) is 0 Å². The largest absolute Gasteiger partial charge is 0.399 e. The van der Waals surface area contributed by atoms with Crippen molar-refractivity contribution in [3.05, 3.63) is 99.1 Å². The van der Waals surface area contributed by atoms with Crippen molar-refractivity contribution in [2.24, 2.45) is 0 Å². The molecule has 0 spiro atoms. The molecule has 0 amide bonds. The highest BCUT2D eigenvalue weighted by atomic mass is 31.2. The summed E-state index contributed by atoms with van der Waals surface area (Å²) in [6, 6.07) is 15.7. The molecule has 1 unspecified atom stereocenters. The lowest BCUT2D eigenvalue weighted by Gasteiger charge is -2.21. The Bertz CT molecular complexity index is 1180. The van der Waals surface area contributed by atoms with E-state index in [0.29, 0.717) is 22.3 Å². The lowest BCUT2D eigenvalue weighted by Crippen LogP contribution is -2.21. The standard InChI is InChI=1S/C26H27O4P/c1-16-12-18(3)23(19(4)13-16)25(27)30-31(29,22-10-8-7-9-11-22)26(28)24-20(5)14-17(2)15-21(24)6/h7-15H,1-6H3. The van der Waals surface area contributed by atoms with Crippen LogP contribution < -0.4 is 5.30 Å². The highest BCUT2D eigenvalue weighted by Gasteiger charge is 2.41. The van der Waals surface area contributed by atoms with Gasteiger partial charge in [0.25, 0.3) is 5.52 Å². The lowest BCUT2D eigenvalue weighted by molar-refractivity contribution is 0.0730. The van der Waals surface area contributed by atoms with Gasteiger partial charge in [0, 0.05) is 5.56 Å². The van der Waals surface area contributed by atoms with Crippen molar-refractivity contribution in [2.75, 3.05) is 0 Å². The molecular formula is C26H27O4P. The third-order valence-electron chi connectivity index (χ3n) is 5.35. The highest BCUT2D eigenvalue weighted by Crippen LogP contribution is 2.51. The Kier molecular flexibility index (Phi) is 6.33. The zero-order valence-corrected chi connectivity index (χ0v) is 19.7. The molecule has 0 bridgehead atoms. The molecule has 3 aromatic carbocycles. The van der Waals surface area contributed by atoms with Gasteiger partial charge in [-0.25, -0.2) is 4.79 Å². The second kappa shape index (κ2) is 8.64. The Hall–Kier alpha value is -2.97. The molecule has 0 fully saturated rings. The topological polar surface area (TPSA) is 60.4 Å². The number of aryl methyl sites for hydroxylation is 6. The first-order valence-corrected chi connectivity index (χ1v) is 11.8. The van der Waals surface area contributed by atoms with Crippen LogP contribution in [-0.2, 0) is 9.09 Å². The van der Waals surface area contributed by atoms with Crippen molar-refractivity contribution in [3.8, 4) is 0 Å².